The van der Waals surface area contributed by atoms with Gasteiger partial charge in [-0.05, 0) is 25.5 Å². The zero-order valence-electron chi connectivity index (χ0n) is 12.1. The molecule has 2 aromatic rings. The van der Waals surface area contributed by atoms with E-state index in [4.69, 9.17) is 9.47 Å². The molecule has 0 spiro atoms. The quantitative estimate of drug-likeness (QED) is 0.802. The van der Waals surface area contributed by atoms with Crippen LogP contribution in [0.3, 0.4) is 0 Å². The van der Waals surface area contributed by atoms with E-state index in [1.54, 1.807) is 11.6 Å². The van der Waals surface area contributed by atoms with Crippen LogP contribution in [-0.4, -0.2) is 33.7 Å². The Kier molecular flexibility index (Phi) is 3.60. The molecule has 0 bridgehead atoms. The first-order valence-electron chi connectivity index (χ1n) is 7.00. The van der Waals surface area contributed by atoms with Crippen LogP contribution in [0.25, 0.3) is 0 Å². The monoisotopic (exact) mass is 287 g/mol. The molecule has 0 N–H and O–H groups in total. The first-order valence-corrected chi connectivity index (χ1v) is 7.00. The Labute approximate surface area is 122 Å². The van der Waals surface area contributed by atoms with Gasteiger partial charge in [0.15, 0.2) is 5.69 Å². The topological polar surface area (TPSA) is 66.2 Å². The number of ether oxygens (including phenoxy) is 2. The second kappa shape index (κ2) is 5.55. The average molecular weight is 287 g/mol. The first kappa shape index (κ1) is 13.6. The Morgan fingerprint density at radius 2 is 2.29 bits per heavy atom. The summed E-state index contributed by atoms with van der Waals surface area (Å²) in [4.78, 5) is 11.7. The predicted molar refractivity (Wildman–Crippen MR) is 75.3 cm³/mol. The molecule has 21 heavy (non-hydrogen) atoms. The summed E-state index contributed by atoms with van der Waals surface area (Å²) in [5.74, 6) is 0.489. The zero-order chi connectivity index (χ0) is 14.8. The van der Waals surface area contributed by atoms with Crippen molar-refractivity contribution < 1.29 is 14.3 Å². The highest BCUT2D eigenvalue weighted by molar-refractivity contribution is 5.88. The van der Waals surface area contributed by atoms with E-state index in [0.717, 1.165) is 12.2 Å². The van der Waals surface area contributed by atoms with Gasteiger partial charge in [0.2, 0.25) is 0 Å². The van der Waals surface area contributed by atoms with Gasteiger partial charge in [0.1, 0.15) is 11.9 Å². The first-order chi connectivity index (χ1) is 10.2. The van der Waals surface area contributed by atoms with Gasteiger partial charge in [-0.1, -0.05) is 23.4 Å². The Bertz CT molecular complexity index is 641. The molecule has 6 nitrogen and oxygen atoms in total. The summed E-state index contributed by atoms with van der Waals surface area (Å²) in [5.41, 5.74) is 2.17. The van der Waals surface area contributed by atoms with Crippen molar-refractivity contribution in [3.05, 3.63) is 41.2 Å². The summed E-state index contributed by atoms with van der Waals surface area (Å²) < 4.78 is 12.5. The molecule has 0 saturated heterocycles. The maximum atomic E-state index is 11.7. The van der Waals surface area contributed by atoms with Crippen LogP contribution >= 0.6 is 0 Å². The second-order valence-electron chi connectivity index (χ2n) is 4.98. The molecule has 1 atom stereocenters. The molecule has 3 rings (SSSR count). The van der Waals surface area contributed by atoms with E-state index in [1.165, 1.54) is 5.56 Å². The minimum atomic E-state index is -0.433. The number of fused-ring (bicyclic) bond motifs is 1. The Morgan fingerprint density at radius 1 is 1.48 bits per heavy atom. The number of benzene rings is 1. The molecular formula is C15H17N3O3. The predicted octanol–water partition coefficient (Wildman–Crippen LogP) is 1.77. The molecule has 110 valence electrons. The van der Waals surface area contributed by atoms with E-state index in [1.807, 2.05) is 25.1 Å². The fourth-order valence-corrected chi connectivity index (χ4v) is 2.47. The summed E-state index contributed by atoms with van der Waals surface area (Å²) in [6, 6.07) is 7.99. The van der Waals surface area contributed by atoms with Crippen molar-refractivity contribution >= 4 is 5.97 Å². The number of para-hydroxylation sites is 1. The maximum Gasteiger partial charge on any atom is 0.360 e. The third kappa shape index (κ3) is 2.61. The minimum Gasteiger partial charge on any atom is -0.488 e. The van der Waals surface area contributed by atoms with Gasteiger partial charge in [-0.25, -0.2) is 9.48 Å². The van der Waals surface area contributed by atoms with E-state index in [9.17, 15) is 4.79 Å². The highest BCUT2D eigenvalue weighted by Gasteiger charge is 2.25. The molecule has 1 aliphatic rings. The number of carbonyl (C=O) groups is 1. The molecule has 2 heterocycles. The third-order valence-corrected chi connectivity index (χ3v) is 3.54. The number of carbonyl (C=O) groups excluding carboxylic acids is 1. The highest BCUT2D eigenvalue weighted by Crippen LogP contribution is 2.28. The van der Waals surface area contributed by atoms with Gasteiger partial charge in [0.05, 0.1) is 18.8 Å². The average Bonchev–Trinajstić information content (AvgIpc) is 3.03. The van der Waals surface area contributed by atoms with Gasteiger partial charge < -0.3 is 9.47 Å². The van der Waals surface area contributed by atoms with Crippen molar-refractivity contribution in [1.82, 2.24) is 15.0 Å². The van der Waals surface area contributed by atoms with Crippen LogP contribution < -0.4 is 4.74 Å². The Hall–Kier alpha value is -2.37. The highest BCUT2D eigenvalue weighted by atomic mass is 16.5. The molecule has 0 aliphatic carbocycles. The molecule has 6 heteroatoms. The second-order valence-corrected chi connectivity index (χ2v) is 4.98. The third-order valence-electron chi connectivity index (χ3n) is 3.54. The lowest BCUT2D eigenvalue weighted by Gasteiger charge is -2.11. The van der Waals surface area contributed by atoms with Crippen molar-refractivity contribution in [1.29, 1.82) is 0 Å². The van der Waals surface area contributed by atoms with E-state index in [0.29, 0.717) is 18.8 Å². The van der Waals surface area contributed by atoms with E-state index in [-0.39, 0.29) is 11.8 Å². The van der Waals surface area contributed by atoms with Gasteiger partial charge in [-0.3, -0.25) is 0 Å². The number of aromatic nitrogens is 3. The molecule has 0 fully saturated rings. The SMILES string of the molecule is CCOC(=O)c1nnn(CC2Cc3ccccc3O2)c1C. The van der Waals surface area contributed by atoms with Crippen LogP contribution in [0, 0.1) is 6.92 Å². The summed E-state index contributed by atoms with van der Waals surface area (Å²) in [5, 5.41) is 7.94. The van der Waals surface area contributed by atoms with Crippen LogP contribution in [0.4, 0.5) is 0 Å². The molecule has 0 amide bonds. The lowest BCUT2D eigenvalue weighted by molar-refractivity contribution is 0.0518. The van der Waals surface area contributed by atoms with Gasteiger partial charge in [0, 0.05) is 6.42 Å². The van der Waals surface area contributed by atoms with E-state index < -0.39 is 5.97 Å². The summed E-state index contributed by atoms with van der Waals surface area (Å²) in [6.07, 6.45) is 0.849. The molecule has 1 unspecified atom stereocenters. The number of hydrogen-bond acceptors (Lipinski definition) is 5. The molecule has 0 saturated carbocycles. The lowest BCUT2D eigenvalue weighted by Crippen LogP contribution is -2.22. The summed E-state index contributed by atoms with van der Waals surface area (Å²) >= 11 is 0. The van der Waals surface area contributed by atoms with Crippen molar-refractivity contribution in [2.24, 2.45) is 0 Å². The van der Waals surface area contributed by atoms with Crippen molar-refractivity contribution in [3.8, 4) is 5.75 Å². The molecular weight excluding hydrogens is 270 g/mol. The van der Waals surface area contributed by atoms with Gasteiger partial charge in [0.25, 0.3) is 0 Å². The van der Waals surface area contributed by atoms with Crippen molar-refractivity contribution in [2.75, 3.05) is 6.61 Å². The fraction of sp³-hybridized carbons (Fsp3) is 0.400. The largest absolute Gasteiger partial charge is 0.488 e. The van der Waals surface area contributed by atoms with Crippen molar-refractivity contribution in [3.63, 3.8) is 0 Å². The van der Waals surface area contributed by atoms with Crippen LogP contribution in [0.2, 0.25) is 0 Å². The van der Waals surface area contributed by atoms with Gasteiger partial charge in [-0.2, -0.15) is 0 Å². The number of hydrogen-bond donors (Lipinski definition) is 0. The van der Waals surface area contributed by atoms with Crippen LogP contribution in [-0.2, 0) is 17.7 Å². The molecule has 0 radical (unpaired) electrons. The number of rotatable bonds is 4. The van der Waals surface area contributed by atoms with Crippen LogP contribution in [0.5, 0.6) is 5.75 Å². The summed E-state index contributed by atoms with van der Waals surface area (Å²) in [6.45, 7) is 4.47. The maximum absolute atomic E-state index is 11.7. The van der Waals surface area contributed by atoms with E-state index in [2.05, 4.69) is 16.4 Å². The standard InChI is InChI=1S/C15H17N3O3/c1-3-20-15(19)14-10(2)18(17-16-14)9-12-8-11-6-4-5-7-13(11)21-12/h4-7,12H,3,8-9H2,1-2H3. The number of nitrogens with zero attached hydrogens (tertiary/aromatic N) is 3. The van der Waals surface area contributed by atoms with Crippen LogP contribution in [0.15, 0.2) is 24.3 Å². The zero-order valence-corrected chi connectivity index (χ0v) is 12.1. The smallest absolute Gasteiger partial charge is 0.360 e. The van der Waals surface area contributed by atoms with Gasteiger partial charge in [-0.15, -0.1) is 5.10 Å². The Balaban J connectivity index is 1.71. The van der Waals surface area contributed by atoms with E-state index >= 15 is 0 Å². The minimum absolute atomic E-state index is 0.0119. The van der Waals surface area contributed by atoms with Crippen LogP contribution in [0.1, 0.15) is 28.7 Å². The number of esters is 1. The fourth-order valence-electron chi connectivity index (χ4n) is 2.47. The van der Waals surface area contributed by atoms with Gasteiger partial charge >= 0.3 is 5.97 Å². The molecule has 1 aromatic heterocycles. The van der Waals surface area contributed by atoms with Crippen molar-refractivity contribution in [2.45, 2.75) is 32.9 Å². The lowest BCUT2D eigenvalue weighted by atomic mass is 10.1. The Morgan fingerprint density at radius 3 is 3.05 bits per heavy atom. The molecule has 1 aromatic carbocycles. The summed E-state index contributed by atoms with van der Waals surface area (Å²) in [7, 11) is 0. The molecule has 1 aliphatic heterocycles. The normalized spacial score (nSPS) is 16.4.